The average Bonchev–Trinajstić information content (AvgIpc) is 2.63. The van der Waals surface area contributed by atoms with E-state index >= 15 is 0 Å². The third-order valence-electron chi connectivity index (χ3n) is 5.79. The fourth-order valence-corrected chi connectivity index (χ4v) is 3.83. The van der Waals surface area contributed by atoms with E-state index in [1.165, 1.54) is 51.4 Å². The molecule has 1 saturated heterocycles. The Kier molecular flexibility index (Phi) is 15.8. The summed E-state index contributed by atoms with van der Waals surface area (Å²) in [5.74, 6) is -0.687. The van der Waals surface area contributed by atoms with E-state index in [9.17, 15) is 9.59 Å². The van der Waals surface area contributed by atoms with Crippen molar-refractivity contribution in [1.29, 1.82) is 0 Å². The van der Waals surface area contributed by atoms with Gasteiger partial charge in [0, 0.05) is 31.3 Å². The Morgan fingerprint density at radius 3 is 1.52 bits per heavy atom. The number of rotatable bonds is 21. The lowest BCUT2D eigenvalue weighted by Gasteiger charge is -2.29. The van der Waals surface area contributed by atoms with Crippen LogP contribution < -0.4 is 5.32 Å². The van der Waals surface area contributed by atoms with Crippen molar-refractivity contribution in [3.8, 4) is 0 Å². The number of unbranched alkanes of at least 4 members (excludes halogenated alkanes) is 10. The Labute approximate surface area is 176 Å². The van der Waals surface area contributed by atoms with Crippen LogP contribution in [0.4, 0.5) is 0 Å². The molecule has 170 valence electrons. The van der Waals surface area contributed by atoms with E-state index in [4.69, 9.17) is 14.9 Å². The second-order valence-corrected chi connectivity index (χ2v) is 8.62. The molecule has 0 aromatic rings. The highest BCUT2D eigenvalue weighted by atomic mass is 16.5. The topological polar surface area (TPSA) is 95.9 Å². The van der Waals surface area contributed by atoms with Crippen LogP contribution in [0, 0.1) is 5.92 Å². The molecular weight excluding hydrogens is 370 g/mol. The Balaban J connectivity index is 2.04. The fourth-order valence-electron chi connectivity index (χ4n) is 3.83. The Bertz CT molecular complexity index is 395. The van der Waals surface area contributed by atoms with Gasteiger partial charge in [0.05, 0.1) is 13.2 Å². The van der Waals surface area contributed by atoms with Crippen LogP contribution in [-0.4, -0.2) is 48.0 Å². The molecule has 1 rings (SSSR count). The molecule has 0 aliphatic carbocycles. The van der Waals surface area contributed by atoms with E-state index in [0.717, 1.165) is 58.3 Å². The van der Waals surface area contributed by atoms with Gasteiger partial charge in [-0.1, -0.05) is 64.2 Å². The van der Waals surface area contributed by atoms with Crippen molar-refractivity contribution in [2.24, 2.45) is 5.92 Å². The molecule has 3 N–H and O–H groups in total. The summed E-state index contributed by atoms with van der Waals surface area (Å²) in [5.41, 5.74) is 0. The molecule has 6 heteroatoms. The number of aliphatic carboxylic acids is 2. The van der Waals surface area contributed by atoms with E-state index in [1.54, 1.807) is 0 Å². The SMILES string of the molecule is O=C(O)CCCCCCCCC(CCCCCCCCC(=O)O)NCC1COC1. The summed E-state index contributed by atoms with van der Waals surface area (Å²) in [7, 11) is 0. The van der Waals surface area contributed by atoms with Gasteiger partial charge < -0.3 is 20.3 Å². The molecule has 0 bridgehead atoms. The molecule has 29 heavy (non-hydrogen) atoms. The van der Waals surface area contributed by atoms with Crippen LogP contribution in [-0.2, 0) is 14.3 Å². The van der Waals surface area contributed by atoms with Crippen molar-refractivity contribution in [3.63, 3.8) is 0 Å². The number of carboxylic acids is 2. The van der Waals surface area contributed by atoms with Gasteiger partial charge >= 0.3 is 11.9 Å². The van der Waals surface area contributed by atoms with E-state index < -0.39 is 11.9 Å². The average molecular weight is 414 g/mol. The van der Waals surface area contributed by atoms with Gasteiger partial charge in [-0.05, 0) is 25.7 Å². The maximum atomic E-state index is 10.5. The zero-order valence-electron chi connectivity index (χ0n) is 18.2. The van der Waals surface area contributed by atoms with Gasteiger partial charge in [0.25, 0.3) is 0 Å². The summed E-state index contributed by atoms with van der Waals surface area (Å²) < 4.78 is 5.27. The fraction of sp³-hybridized carbons (Fsp3) is 0.913. The molecule has 0 amide bonds. The normalized spacial score (nSPS) is 14.2. The Morgan fingerprint density at radius 1 is 0.724 bits per heavy atom. The number of hydrogen-bond acceptors (Lipinski definition) is 4. The van der Waals surface area contributed by atoms with Crippen LogP contribution in [0.1, 0.15) is 103 Å². The highest BCUT2D eigenvalue weighted by Gasteiger charge is 2.19. The molecule has 1 aliphatic rings. The monoisotopic (exact) mass is 413 g/mol. The van der Waals surface area contributed by atoms with Crippen LogP contribution >= 0.6 is 0 Å². The van der Waals surface area contributed by atoms with Gasteiger partial charge in [0.2, 0.25) is 0 Å². The summed E-state index contributed by atoms with van der Waals surface area (Å²) in [6.45, 7) is 2.86. The summed E-state index contributed by atoms with van der Waals surface area (Å²) in [6.07, 6.45) is 16.4. The predicted octanol–water partition coefficient (Wildman–Crippen LogP) is 5.00. The largest absolute Gasteiger partial charge is 0.481 e. The van der Waals surface area contributed by atoms with E-state index in [1.807, 2.05) is 0 Å². The maximum absolute atomic E-state index is 10.5. The van der Waals surface area contributed by atoms with Gasteiger partial charge in [0.15, 0.2) is 0 Å². The second kappa shape index (κ2) is 17.7. The van der Waals surface area contributed by atoms with Crippen LogP contribution in [0.2, 0.25) is 0 Å². The third-order valence-corrected chi connectivity index (χ3v) is 5.79. The minimum Gasteiger partial charge on any atom is -0.481 e. The first-order chi connectivity index (χ1) is 14.1. The number of carbonyl (C=O) groups is 2. The molecular formula is C23H43NO5. The van der Waals surface area contributed by atoms with Crippen LogP contribution in [0.5, 0.6) is 0 Å². The van der Waals surface area contributed by atoms with Gasteiger partial charge in [-0.15, -0.1) is 0 Å². The number of hydrogen-bond donors (Lipinski definition) is 3. The lowest BCUT2D eigenvalue weighted by molar-refractivity contribution is -0.138. The zero-order chi connectivity index (χ0) is 21.2. The van der Waals surface area contributed by atoms with Crippen LogP contribution in [0.25, 0.3) is 0 Å². The molecule has 1 aliphatic heterocycles. The third kappa shape index (κ3) is 16.4. The minimum atomic E-state index is -0.684. The number of carboxylic acid groups (broad SMARTS) is 2. The summed E-state index contributed by atoms with van der Waals surface area (Å²) in [6, 6.07) is 0.592. The molecule has 6 nitrogen and oxygen atoms in total. The van der Waals surface area contributed by atoms with Gasteiger partial charge in [-0.3, -0.25) is 9.59 Å². The van der Waals surface area contributed by atoms with Crippen molar-refractivity contribution >= 4 is 11.9 Å². The molecule has 0 unspecified atom stereocenters. The standard InChI is InChI=1S/C23H43NO5/c25-22(26)15-11-7-3-1-5-9-13-21(24-17-20-18-29-19-20)14-10-6-2-4-8-12-16-23(27)28/h20-21,24H,1-19H2,(H,25,26)(H,27,28). The molecule has 0 aromatic heterocycles. The van der Waals surface area contributed by atoms with Crippen molar-refractivity contribution in [2.75, 3.05) is 19.8 Å². The molecule has 0 saturated carbocycles. The first-order valence-corrected chi connectivity index (χ1v) is 11.8. The minimum absolute atomic E-state index is 0.302. The lowest BCUT2D eigenvalue weighted by Crippen LogP contribution is -2.41. The first kappa shape index (κ1) is 25.9. The Morgan fingerprint density at radius 2 is 1.14 bits per heavy atom. The van der Waals surface area contributed by atoms with E-state index in [2.05, 4.69) is 5.32 Å². The molecule has 0 atom stereocenters. The van der Waals surface area contributed by atoms with Crippen molar-refractivity contribution in [2.45, 2.75) is 109 Å². The first-order valence-electron chi connectivity index (χ1n) is 11.8. The van der Waals surface area contributed by atoms with E-state index in [0.29, 0.717) is 24.8 Å². The maximum Gasteiger partial charge on any atom is 0.303 e. The highest BCUT2D eigenvalue weighted by molar-refractivity contribution is 5.66. The van der Waals surface area contributed by atoms with Crippen molar-refractivity contribution < 1.29 is 24.5 Å². The number of ether oxygens (including phenoxy) is 1. The molecule has 0 radical (unpaired) electrons. The number of nitrogens with one attached hydrogen (secondary N) is 1. The molecule has 0 spiro atoms. The summed E-state index contributed by atoms with van der Waals surface area (Å²) in [4.78, 5) is 21.0. The van der Waals surface area contributed by atoms with Crippen LogP contribution in [0.15, 0.2) is 0 Å². The van der Waals surface area contributed by atoms with Gasteiger partial charge in [0.1, 0.15) is 0 Å². The lowest BCUT2D eigenvalue weighted by atomic mass is 9.99. The summed E-state index contributed by atoms with van der Waals surface area (Å²) >= 11 is 0. The van der Waals surface area contributed by atoms with Gasteiger partial charge in [-0.2, -0.15) is 0 Å². The van der Waals surface area contributed by atoms with E-state index in [-0.39, 0.29) is 0 Å². The van der Waals surface area contributed by atoms with Crippen LogP contribution in [0.3, 0.4) is 0 Å². The summed E-state index contributed by atoms with van der Waals surface area (Å²) in [5, 5.41) is 21.1. The quantitative estimate of drug-likeness (QED) is 0.229. The van der Waals surface area contributed by atoms with Crippen molar-refractivity contribution in [1.82, 2.24) is 5.32 Å². The van der Waals surface area contributed by atoms with Gasteiger partial charge in [-0.25, -0.2) is 0 Å². The highest BCUT2D eigenvalue weighted by Crippen LogP contribution is 2.16. The molecule has 1 fully saturated rings. The second-order valence-electron chi connectivity index (χ2n) is 8.62. The smallest absolute Gasteiger partial charge is 0.303 e. The predicted molar refractivity (Wildman–Crippen MR) is 115 cm³/mol. The zero-order valence-corrected chi connectivity index (χ0v) is 18.2. The molecule has 1 heterocycles. The van der Waals surface area contributed by atoms with Crippen molar-refractivity contribution in [3.05, 3.63) is 0 Å². The Hall–Kier alpha value is -1.14. The molecule has 0 aromatic carbocycles.